The van der Waals surface area contributed by atoms with Crippen LogP contribution < -0.4 is 15.5 Å². The van der Waals surface area contributed by atoms with E-state index in [9.17, 15) is 0 Å². The molecule has 0 heterocycles. The van der Waals surface area contributed by atoms with Gasteiger partial charge in [0.05, 0.1) is 6.21 Å². The Bertz CT molecular complexity index is 671. The van der Waals surface area contributed by atoms with E-state index in [0.717, 1.165) is 16.9 Å². The summed E-state index contributed by atoms with van der Waals surface area (Å²) in [5.41, 5.74) is 4.79. The molecular weight excluding hydrogens is 306 g/mol. The number of hydrazone groups is 1. The maximum atomic E-state index is 5.78. The lowest BCUT2D eigenvalue weighted by molar-refractivity contribution is 0.306. The molecule has 0 unspecified atom stereocenters. The van der Waals surface area contributed by atoms with Gasteiger partial charge < -0.3 is 10.1 Å². The summed E-state index contributed by atoms with van der Waals surface area (Å²) in [6.07, 6.45) is 3.46. The monoisotopic (exact) mass is 325 g/mol. The second-order valence-corrected chi connectivity index (χ2v) is 5.08. The van der Waals surface area contributed by atoms with Crippen molar-refractivity contribution < 1.29 is 4.74 Å². The highest BCUT2D eigenvalue weighted by atomic mass is 32.1. The van der Waals surface area contributed by atoms with Gasteiger partial charge in [0.2, 0.25) is 0 Å². The van der Waals surface area contributed by atoms with Crippen LogP contribution in [0.4, 0.5) is 0 Å². The fraction of sp³-hybridized carbons (Fsp3) is 0.111. The molecule has 0 saturated heterocycles. The van der Waals surface area contributed by atoms with Gasteiger partial charge in [0.15, 0.2) is 5.11 Å². The number of rotatable bonds is 7. The number of hydrogen-bond donors (Lipinski definition) is 2. The van der Waals surface area contributed by atoms with Crippen LogP contribution in [0.3, 0.4) is 0 Å². The molecule has 0 radical (unpaired) electrons. The van der Waals surface area contributed by atoms with Crippen molar-refractivity contribution in [2.75, 3.05) is 6.54 Å². The van der Waals surface area contributed by atoms with Crippen LogP contribution in [0.2, 0.25) is 0 Å². The molecule has 2 aromatic carbocycles. The molecule has 0 aliphatic carbocycles. The van der Waals surface area contributed by atoms with Gasteiger partial charge in [-0.25, -0.2) is 0 Å². The number of benzene rings is 2. The Hall–Kier alpha value is -2.66. The fourth-order valence-corrected chi connectivity index (χ4v) is 1.97. The summed E-state index contributed by atoms with van der Waals surface area (Å²) in [4.78, 5) is 0. The molecule has 23 heavy (non-hydrogen) atoms. The van der Waals surface area contributed by atoms with E-state index in [4.69, 9.17) is 17.0 Å². The summed E-state index contributed by atoms with van der Waals surface area (Å²) in [5, 5.41) is 7.54. The highest BCUT2D eigenvalue weighted by Crippen LogP contribution is 2.13. The van der Waals surface area contributed by atoms with E-state index in [1.54, 1.807) is 12.3 Å². The van der Waals surface area contributed by atoms with Crippen molar-refractivity contribution in [2.45, 2.75) is 6.61 Å². The van der Waals surface area contributed by atoms with Gasteiger partial charge in [-0.2, -0.15) is 5.10 Å². The molecule has 0 fully saturated rings. The van der Waals surface area contributed by atoms with Crippen LogP contribution >= 0.6 is 12.2 Å². The van der Waals surface area contributed by atoms with Crippen molar-refractivity contribution in [3.63, 3.8) is 0 Å². The quantitative estimate of drug-likeness (QED) is 0.355. The molecule has 2 rings (SSSR count). The van der Waals surface area contributed by atoms with Crippen LogP contribution in [0.25, 0.3) is 0 Å². The van der Waals surface area contributed by atoms with E-state index in [-0.39, 0.29) is 0 Å². The van der Waals surface area contributed by atoms with Gasteiger partial charge in [-0.15, -0.1) is 6.58 Å². The summed E-state index contributed by atoms with van der Waals surface area (Å²) in [6, 6.07) is 17.7. The van der Waals surface area contributed by atoms with Crippen LogP contribution in [-0.4, -0.2) is 17.9 Å². The molecular formula is C18H19N3OS. The highest BCUT2D eigenvalue weighted by molar-refractivity contribution is 7.80. The standard InChI is InChI=1S/C18H19N3OS/c1-2-12-19-18(23)21-20-13-15-8-6-7-9-16(15)14-22-17-10-4-3-5-11-17/h2-11,13H,1,12,14H2,(H2,19,21,23)/b20-13+. The lowest BCUT2D eigenvalue weighted by atomic mass is 10.1. The van der Waals surface area contributed by atoms with E-state index in [0.29, 0.717) is 18.3 Å². The maximum Gasteiger partial charge on any atom is 0.187 e. The Kier molecular flexibility index (Phi) is 6.81. The minimum Gasteiger partial charge on any atom is -0.489 e. The summed E-state index contributed by atoms with van der Waals surface area (Å²) in [6.45, 7) is 4.69. The molecule has 0 bridgehead atoms. The first kappa shape index (κ1) is 16.7. The molecule has 2 aromatic rings. The molecule has 0 atom stereocenters. The smallest absolute Gasteiger partial charge is 0.187 e. The van der Waals surface area contributed by atoms with Crippen molar-refractivity contribution in [2.24, 2.45) is 5.10 Å². The lowest BCUT2D eigenvalue weighted by Crippen LogP contribution is -2.31. The number of thiocarbonyl (C=S) groups is 1. The molecule has 0 aromatic heterocycles. The number of para-hydroxylation sites is 1. The largest absolute Gasteiger partial charge is 0.489 e. The van der Waals surface area contributed by atoms with E-state index in [2.05, 4.69) is 22.4 Å². The van der Waals surface area contributed by atoms with Gasteiger partial charge in [0.1, 0.15) is 12.4 Å². The van der Waals surface area contributed by atoms with Crippen LogP contribution in [-0.2, 0) is 6.61 Å². The Morgan fingerprint density at radius 1 is 1.13 bits per heavy atom. The number of hydrogen-bond acceptors (Lipinski definition) is 3. The third-order valence-corrected chi connectivity index (χ3v) is 3.20. The van der Waals surface area contributed by atoms with Crippen LogP contribution in [0.1, 0.15) is 11.1 Å². The van der Waals surface area contributed by atoms with Crippen molar-refractivity contribution in [3.8, 4) is 5.75 Å². The van der Waals surface area contributed by atoms with Crippen LogP contribution in [0, 0.1) is 0 Å². The fourth-order valence-electron chi connectivity index (χ4n) is 1.83. The van der Waals surface area contributed by atoms with Crippen LogP contribution in [0.5, 0.6) is 5.75 Å². The van der Waals surface area contributed by atoms with Gasteiger partial charge in [-0.3, -0.25) is 5.43 Å². The molecule has 0 aliphatic rings. The topological polar surface area (TPSA) is 45.7 Å². The Morgan fingerprint density at radius 3 is 2.65 bits per heavy atom. The first-order valence-electron chi connectivity index (χ1n) is 7.23. The zero-order valence-corrected chi connectivity index (χ0v) is 13.6. The van der Waals surface area contributed by atoms with Crippen molar-refractivity contribution in [1.82, 2.24) is 10.7 Å². The average molecular weight is 325 g/mol. The normalized spacial score (nSPS) is 10.3. The van der Waals surface area contributed by atoms with Crippen molar-refractivity contribution in [3.05, 3.63) is 78.4 Å². The summed E-state index contributed by atoms with van der Waals surface area (Å²) in [5.74, 6) is 0.840. The van der Waals surface area contributed by atoms with Crippen molar-refractivity contribution >= 4 is 23.5 Å². The maximum absolute atomic E-state index is 5.78. The SMILES string of the molecule is C=CCNC(=S)N/N=C/c1ccccc1COc1ccccc1. The molecule has 2 N–H and O–H groups in total. The van der Waals surface area contributed by atoms with Gasteiger partial charge in [-0.1, -0.05) is 48.5 Å². The zero-order chi connectivity index (χ0) is 16.3. The first-order chi connectivity index (χ1) is 11.3. The van der Waals surface area contributed by atoms with Gasteiger partial charge in [0.25, 0.3) is 0 Å². The summed E-state index contributed by atoms with van der Waals surface area (Å²) >= 11 is 5.07. The molecule has 5 heteroatoms. The zero-order valence-electron chi connectivity index (χ0n) is 12.7. The number of nitrogens with zero attached hydrogens (tertiary/aromatic N) is 1. The molecule has 0 saturated carbocycles. The summed E-state index contributed by atoms with van der Waals surface area (Å²) < 4.78 is 5.78. The molecule has 0 spiro atoms. The Morgan fingerprint density at radius 2 is 1.87 bits per heavy atom. The third-order valence-electron chi connectivity index (χ3n) is 2.97. The lowest BCUT2D eigenvalue weighted by Gasteiger charge is -2.09. The second-order valence-electron chi connectivity index (χ2n) is 4.67. The molecule has 0 amide bonds. The second kappa shape index (κ2) is 9.38. The minimum absolute atomic E-state index is 0.458. The van der Waals surface area contributed by atoms with Gasteiger partial charge >= 0.3 is 0 Å². The average Bonchev–Trinajstić information content (AvgIpc) is 2.60. The van der Waals surface area contributed by atoms with Crippen molar-refractivity contribution in [1.29, 1.82) is 0 Å². The predicted octanol–water partition coefficient (Wildman–Crippen LogP) is 3.25. The van der Waals surface area contributed by atoms with E-state index >= 15 is 0 Å². The highest BCUT2D eigenvalue weighted by Gasteiger charge is 2.01. The number of ether oxygens (including phenoxy) is 1. The first-order valence-corrected chi connectivity index (χ1v) is 7.64. The molecule has 118 valence electrons. The molecule has 4 nitrogen and oxygen atoms in total. The number of nitrogens with one attached hydrogen (secondary N) is 2. The van der Waals surface area contributed by atoms with E-state index < -0.39 is 0 Å². The van der Waals surface area contributed by atoms with E-state index in [1.807, 2.05) is 54.6 Å². The Balaban J connectivity index is 1.94. The summed E-state index contributed by atoms with van der Waals surface area (Å²) in [7, 11) is 0. The van der Waals surface area contributed by atoms with E-state index in [1.165, 1.54) is 0 Å². The minimum atomic E-state index is 0.458. The van der Waals surface area contributed by atoms with Gasteiger partial charge in [-0.05, 0) is 29.9 Å². The van der Waals surface area contributed by atoms with Gasteiger partial charge in [0, 0.05) is 12.1 Å². The van der Waals surface area contributed by atoms with Crippen LogP contribution in [0.15, 0.2) is 72.4 Å². The molecule has 0 aliphatic heterocycles. The third kappa shape index (κ3) is 5.92. The Labute approximate surface area is 141 Å². The predicted molar refractivity (Wildman–Crippen MR) is 98.7 cm³/mol.